The van der Waals surface area contributed by atoms with Crippen molar-refractivity contribution in [1.29, 1.82) is 0 Å². The standard InChI is InChI=1S/C13H8N2OS/c16-8-5-6-9-11(7-8)15-10-3-1-2-4-12(10)17-13(15)14-9/h1-7,16H. The van der Waals surface area contributed by atoms with Crippen molar-refractivity contribution in [3.8, 4) is 5.75 Å². The molecule has 82 valence electrons. The highest BCUT2D eigenvalue weighted by Gasteiger charge is 2.10. The topological polar surface area (TPSA) is 37.5 Å². The van der Waals surface area contributed by atoms with Crippen molar-refractivity contribution in [3.63, 3.8) is 0 Å². The van der Waals surface area contributed by atoms with Gasteiger partial charge in [-0.25, -0.2) is 4.98 Å². The number of rotatable bonds is 0. The lowest BCUT2D eigenvalue weighted by Crippen LogP contribution is -1.79. The molecule has 0 unspecified atom stereocenters. The minimum Gasteiger partial charge on any atom is -0.508 e. The fraction of sp³-hybridized carbons (Fsp3) is 0. The van der Waals surface area contributed by atoms with Crippen LogP contribution in [0.25, 0.3) is 26.2 Å². The summed E-state index contributed by atoms with van der Waals surface area (Å²) < 4.78 is 3.30. The molecule has 0 aliphatic carbocycles. The zero-order valence-electron chi connectivity index (χ0n) is 8.79. The quantitative estimate of drug-likeness (QED) is 0.511. The number of para-hydroxylation sites is 1. The normalized spacial score (nSPS) is 11.8. The highest BCUT2D eigenvalue weighted by molar-refractivity contribution is 7.23. The lowest BCUT2D eigenvalue weighted by atomic mass is 10.3. The van der Waals surface area contributed by atoms with Crippen LogP contribution >= 0.6 is 11.3 Å². The van der Waals surface area contributed by atoms with E-state index in [-0.39, 0.29) is 5.75 Å². The molecule has 4 heteroatoms. The van der Waals surface area contributed by atoms with Gasteiger partial charge in [-0.3, -0.25) is 4.40 Å². The van der Waals surface area contributed by atoms with Crippen molar-refractivity contribution >= 4 is 37.5 Å². The first-order valence-electron chi connectivity index (χ1n) is 5.32. The van der Waals surface area contributed by atoms with Crippen LogP contribution in [0.4, 0.5) is 0 Å². The SMILES string of the molecule is Oc1ccc2nc3sc4ccccc4n3c2c1. The van der Waals surface area contributed by atoms with Crippen molar-refractivity contribution in [2.45, 2.75) is 0 Å². The molecule has 0 spiro atoms. The Labute approximate surface area is 101 Å². The number of phenolic OH excluding ortho intramolecular Hbond substituents is 1. The van der Waals surface area contributed by atoms with E-state index in [2.05, 4.69) is 21.5 Å². The summed E-state index contributed by atoms with van der Waals surface area (Å²) in [5.74, 6) is 0.273. The fourth-order valence-electron chi connectivity index (χ4n) is 2.17. The maximum atomic E-state index is 9.58. The largest absolute Gasteiger partial charge is 0.508 e. The highest BCUT2D eigenvalue weighted by Crippen LogP contribution is 2.31. The molecule has 0 fully saturated rings. The molecule has 0 amide bonds. The lowest BCUT2D eigenvalue weighted by molar-refractivity contribution is 0.476. The zero-order chi connectivity index (χ0) is 11.4. The first kappa shape index (κ1) is 9.01. The van der Waals surface area contributed by atoms with Gasteiger partial charge in [0.05, 0.1) is 21.3 Å². The molecule has 2 aromatic heterocycles. The van der Waals surface area contributed by atoms with Gasteiger partial charge in [0.25, 0.3) is 0 Å². The van der Waals surface area contributed by atoms with Crippen LogP contribution in [-0.4, -0.2) is 14.5 Å². The minimum atomic E-state index is 0.273. The van der Waals surface area contributed by atoms with E-state index in [1.54, 1.807) is 23.5 Å². The van der Waals surface area contributed by atoms with Crippen LogP contribution in [0.1, 0.15) is 0 Å². The molecule has 4 aromatic rings. The Morgan fingerprint density at radius 1 is 1.06 bits per heavy atom. The highest BCUT2D eigenvalue weighted by atomic mass is 32.1. The minimum absolute atomic E-state index is 0.273. The number of nitrogens with zero attached hydrogens (tertiary/aromatic N) is 2. The average Bonchev–Trinajstić information content (AvgIpc) is 2.84. The number of imidazole rings is 1. The monoisotopic (exact) mass is 240 g/mol. The van der Waals surface area contributed by atoms with Gasteiger partial charge in [0.1, 0.15) is 5.75 Å². The van der Waals surface area contributed by atoms with Crippen LogP contribution in [0, 0.1) is 0 Å². The van der Waals surface area contributed by atoms with Crippen molar-refractivity contribution in [2.24, 2.45) is 0 Å². The van der Waals surface area contributed by atoms with Gasteiger partial charge in [-0.15, -0.1) is 0 Å². The molecule has 1 N–H and O–H groups in total. The Balaban J connectivity index is 2.33. The van der Waals surface area contributed by atoms with E-state index in [0.717, 1.165) is 21.5 Å². The second-order valence-electron chi connectivity index (χ2n) is 3.97. The summed E-state index contributed by atoms with van der Waals surface area (Å²) in [5, 5.41) is 9.58. The van der Waals surface area contributed by atoms with Crippen molar-refractivity contribution < 1.29 is 5.11 Å². The molecule has 0 aliphatic heterocycles. The van der Waals surface area contributed by atoms with Crippen LogP contribution in [0.15, 0.2) is 42.5 Å². The third-order valence-corrected chi connectivity index (χ3v) is 3.94. The number of hydrogen-bond acceptors (Lipinski definition) is 3. The molecular weight excluding hydrogens is 232 g/mol. The summed E-state index contributed by atoms with van der Waals surface area (Å²) in [5.41, 5.74) is 3.01. The van der Waals surface area contributed by atoms with Crippen LogP contribution in [0.2, 0.25) is 0 Å². The van der Waals surface area contributed by atoms with Gasteiger partial charge in [0, 0.05) is 6.07 Å². The van der Waals surface area contributed by atoms with Gasteiger partial charge < -0.3 is 5.11 Å². The smallest absolute Gasteiger partial charge is 0.195 e. The molecular formula is C13H8N2OS. The van der Waals surface area contributed by atoms with Gasteiger partial charge in [-0.1, -0.05) is 23.5 Å². The number of aromatic hydroxyl groups is 1. The van der Waals surface area contributed by atoms with E-state index in [1.165, 1.54) is 4.70 Å². The van der Waals surface area contributed by atoms with Crippen LogP contribution in [0.5, 0.6) is 5.75 Å². The maximum absolute atomic E-state index is 9.58. The molecule has 0 saturated heterocycles. The summed E-state index contributed by atoms with van der Waals surface area (Å²) >= 11 is 1.66. The number of aromatic nitrogens is 2. The van der Waals surface area contributed by atoms with Gasteiger partial charge in [-0.05, 0) is 24.3 Å². The number of hydrogen-bond donors (Lipinski definition) is 1. The summed E-state index contributed by atoms with van der Waals surface area (Å²) in [6, 6.07) is 13.5. The summed E-state index contributed by atoms with van der Waals surface area (Å²) in [7, 11) is 0. The van der Waals surface area contributed by atoms with Gasteiger partial charge in [0.15, 0.2) is 4.96 Å². The van der Waals surface area contributed by atoms with Crippen molar-refractivity contribution in [2.75, 3.05) is 0 Å². The zero-order valence-corrected chi connectivity index (χ0v) is 9.61. The molecule has 0 bridgehead atoms. The first-order valence-corrected chi connectivity index (χ1v) is 6.13. The molecule has 2 heterocycles. The van der Waals surface area contributed by atoms with E-state index in [0.29, 0.717) is 0 Å². The predicted molar refractivity (Wildman–Crippen MR) is 69.7 cm³/mol. The summed E-state index contributed by atoms with van der Waals surface area (Å²) in [4.78, 5) is 5.53. The molecule has 0 aliphatic rings. The van der Waals surface area contributed by atoms with Gasteiger partial charge in [0.2, 0.25) is 0 Å². The van der Waals surface area contributed by atoms with E-state index >= 15 is 0 Å². The van der Waals surface area contributed by atoms with Gasteiger partial charge >= 0.3 is 0 Å². The number of fused-ring (bicyclic) bond motifs is 5. The van der Waals surface area contributed by atoms with E-state index in [9.17, 15) is 5.11 Å². The molecule has 0 atom stereocenters. The fourth-order valence-corrected chi connectivity index (χ4v) is 3.21. The molecule has 0 radical (unpaired) electrons. The van der Waals surface area contributed by atoms with E-state index in [4.69, 9.17) is 0 Å². The Bertz CT molecular complexity index is 860. The Morgan fingerprint density at radius 2 is 1.94 bits per heavy atom. The Hall–Kier alpha value is -2.07. The van der Waals surface area contributed by atoms with Crippen molar-refractivity contribution in [1.82, 2.24) is 9.38 Å². The molecule has 2 aromatic carbocycles. The number of thiazole rings is 1. The third-order valence-electron chi connectivity index (χ3n) is 2.91. The summed E-state index contributed by atoms with van der Waals surface area (Å²) in [6.07, 6.45) is 0. The van der Waals surface area contributed by atoms with E-state index in [1.807, 2.05) is 18.2 Å². The van der Waals surface area contributed by atoms with Gasteiger partial charge in [-0.2, -0.15) is 0 Å². The molecule has 4 rings (SSSR count). The first-order chi connectivity index (χ1) is 8.33. The molecule has 0 saturated carbocycles. The van der Waals surface area contributed by atoms with Crippen LogP contribution < -0.4 is 0 Å². The molecule has 3 nitrogen and oxygen atoms in total. The lowest BCUT2D eigenvalue weighted by Gasteiger charge is -1.95. The Kier molecular flexibility index (Phi) is 1.58. The number of phenols is 1. The Morgan fingerprint density at radius 3 is 2.88 bits per heavy atom. The molecule has 17 heavy (non-hydrogen) atoms. The summed E-state index contributed by atoms with van der Waals surface area (Å²) in [6.45, 7) is 0. The maximum Gasteiger partial charge on any atom is 0.195 e. The van der Waals surface area contributed by atoms with E-state index < -0.39 is 0 Å². The van der Waals surface area contributed by atoms with Crippen LogP contribution in [0.3, 0.4) is 0 Å². The predicted octanol–water partition coefficient (Wildman–Crippen LogP) is 3.41. The third kappa shape index (κ3) is 1.13. The van der Waals surface area contributed by atoms with Crippen LogP contribution in [-0.2, 0) is 0 Å². The average molecular weight is 240 g/mol. The number of benzene rings is 2. The second-order valence-corrected chi connectivity index (χ2v) is 4.98. The second kappa shape index (κ2) is 2.99. The van der Waals surface area contributed by atoms with Crippen molar-refractivity contribution in [3.05, 3.63) is 42.5 Å².